The van der Waals surface area contributed by atoms with Crippen molar-refractivity contribution >= 4 is 91.4 Å². The summed E-state index contributed by atoms with van der Waals surface area (Å²) >= 11 is 1.84. The minimum Gasteiger partial charge on any atom is -0.453 e. The molecule has 1 spiro atoms. The molecule has 16 aromatic rings. The molecule has 9 heteroatoms. The molecule has 0 N–H and O–H groups in total. The molecule has 23 rings (SSSR count). The zero-order chi connectivity index (χ0) is 79.9. The Morgan fingerprint density at radius 1 is 0.188 bits per heavy atom. The standard InChI is InChI=1S/C26H19N.C26H21N.C16H17N.C14H14N2.C13H11NO.C13H11NS/c1-27-24-16-8-6-14-22(24)26(23-15-7-9-17-25(23)27)20-12-4-2-10-18(20)19-11-3-5-13-21(19)26;1-27-24-18-10-8-16-22(24)26(20-12-4-2-5-13-20,21-14-6-3-7-15-21)23-17-9-11-19-25(23)27;1-16(2)12-8-4-6-10-14(12)17(3)15-11-7-5-9-13(15)16;1-15-11-7-3-5-9-13(11)16(2)14-10-6-4-8-12(14)15;2*1-14-10-6-2-4-8-12(10)15-13-9-5-3-7-11(13)14/h2-17H,1H3;2-19H,1H3;4-11H,1-3H3;3-10H,1-2H3;2*2-9H,1H3. The lowest BCUT2D eigenvalue weighted by Gasteiger charge is -2.45. The number of rotatable bonds is 2. The van der Waals surface area contributed by atoms with Crippen molar-refractivity contribution in [2.24, 2.45) is 0 Å². The van der Waals surface area contributed by atoms with E-state index in [2.05, 4.69) is 461 Å². The number of ether oxygens (including phenoxy) is 1. The molecule has 0 fully saturated rings. The van der Waals surface area contributed by atoms with Gasteiger partial charge in [-0.2, -0.15) is 0 Å². The summed E-state index contributed by atoms with van der Waals surface area (Å²) in [6.07, 6.45) is 0. The highest BCUT2D eigenvalue weighted by molar-refractivity contribution is 7.99. The van der Waals surface area contributed by atoms with Gasteiger partial charge in [0.1, 0.15) is 0 Å². The van der Waals surface area contributed by atoms with E-state index < -0.39 is 0 Å². The Hall–Kier alpha value is -13.7. The predicted molar refractivity (Wildman–Crippen MR) is 493 cm³/mol. The van der Waals surface area contributed by atoms with Crippen molar-refractivity contribution in [3.05, 3.63) is 456 Å². The fourth-order valence-electron chi connectivity index (χ4n) is 18.8. The molecule has 16 aromatic carbocycles. The van der Waals surface area contributed by atoms with Gasteiger partial charge in [-0.25, -0.2) is 0 Å². The van der Waals surface area contributed by atoms with Gasteiger partial charge in [0, 0.05) is 98.7 Å². The van der Waals surface area contributed by atoms with Gasteiger partial charge in [0.2, 0.25) is 0 Å². The Morgan fingerprint density at radius 3 is 0.744 bits per heavy atom. The van der Waals surface area contributed by atoms with Crippen LogP contribution in [0.3, 0.4) is 0 Å². The van der Waals surface area contributed by atoms with Gasteiger partial charge < -0.3 is 39.0 Å². The van der Waals surface area contributed by atoms with Crippen LogP contribution in [0.25, 0.3) is 11.1 Å². The van der Waals surface area contributed by atoms with E-state index in [4.69, 9.17) is 4.74 Å². The maximum atomic E-state index is 5.81. The van der Waals surface area contributed by atoms with E-state index >= 15 is 0 Å². The molecule has 6 aliphatic heterocycles. The van der Waals surface area contributed by atoms with Gasteiger partial charge in [-0.1, -0.05) is 317 Å². The number of nitrogens with zero attached hydrogens (tertiary/aromatic N) is 7. The van der Waals surface area contributed by atoms with E-state index in [0.717, 1.165) is 22.9 Å². The van der Waals surface area contributed by atoms with Gasteiger partial charge in [0.15, 0.2) is 11.5 Å². The molecule has 0 amide bonds. The predicted octanol–water partition coefficient (Wildman–Crippen LogP) is 27.4. The third-order valence-corrected chi connectivity index (χ3v) is 25.6. The number of fused-ring (bicyclic) bond motifs is 19. The molecule has 6 heterocycles. The lowest BCUT2D eigenvalue weighted by molar-refractivity contribution is 0.475. The zero-order valence-corrected chi connectivity index (χ0v) is 68.4. The first-order chi connectivity index (χ1) is 57.3. The molecule has 572 valence electrons. The van der Waals surface area contributed by atoms with E-state index in [9.17, 15) is 0 Å². The van der Waals surface area contributed by atoms with Crippen LogP contribution in [0.15, 0.2) is 410 Å². The minimum atomic E-state index is -0.331. The SMILES string of the molecule is CN1c2ccccc2C(C)(C)c2ccccc21.CN1c2ccccc2C(c2ccccc2)(c2ccccc2)c2ccccc21.CN1c2ccccc2C2(c3ccccc3-c3ccccc32)c2ccccc21.CN1c2ccccc2N(C)c2ccccc21.CN1c2ccccc2Oc2ccccc21.CN1c2ccccc2Sc2ccccc21. The fourth-order valence-corrected chi connectivity index (χ4v) is 20.0. The molecule has 0 saturated heterocycles. The smallest absolute Gasteiger partial charge is 0.151 e. The van der Waals surface area contributed by atoms with E-state index in [-0.39, 0.29) is 16.2 Å². The quantitative estimate of drug-likeness (QED) is 0.168. The van der Waals surface area contributed by atoms with Crippen LogP contribution in [0.1, 0.15) is 69.5 Å². The molecule has 7 aliphatic rings. The Kier molecular flexibility index (Phi) is 19.9. The van der Waals surface area contributed by atoms with Crippen molar-refractivity contribution in [2.75, 3.05) is 83.6 Å². The Bertz CT molecular complexity index is 5730. The Morgan fingerprint density at radius 2 is 0.402 bits per heavy atom. The average molecular weight is 1540 g/mol. The fraction of sp³-hybridized carbons (Fsp3) is 0.111. The van der Waals surface area contributed by atoms with E-state index in [1.54, 1.807) is 0 Å². The van der Waals surface area contributed by atoms with Crippen LogP contribution in [-0.2, 0) is 16.2 Å². The number of hydrogen-bond donors (Lipinski definition) is 0. The second-order valence-electron chi connectivity index (χ2n) is 31.0. The summed E-state index contributed by atoms with van der Waals surface area (Å²) in [6.45, 7) is 4.61. The van der Waals surface area contributed by atoms with Crippen LogP contribution in [-0.4, -0.2) is 49.3 Å². The van der Waals surface area contributed by atoms with Crippen LogP contribution in [0, 0.1) is 0 Å². The third-order valence-electron chi connectivity index (χ3n) is 24.5. The van der Waals surface area contributed by atoms with E-state index in [1.165, 1.54) is 145 Å². The van der Waals surface area contributed by atoms with Crippen molar-refractivity contribution in [3.63, 3.8) is 0 Å². The molecule has 0 bridgehead atoms. The second kappa shape index (κ2) is 31.2. The van der Waals surface area contributed by atoms with Gasteiger partial charge in [0.05, 0.1) is 56.3 Å². The first-order valence-electron chi connectivity index (χ1n) is 40.2. The molecule has 117 heavy (non-hydrogen) atoms. The van der Waals surface area contributed by atoms with Crippen LogP contribution < -0.4 is 39.0 Å². The van der Waals surface area contributed by atoms with E-state index in [0.29, 0.717) is 0 Å². The van der Waals surface area contributed by atoms with Crippen LogP contribution in [0.5, 0.6) is 11.5 Å². The molecule has 0 atom stereocenters. The summed E-state index contributed by atoms with van der Waals surface area (Å²) in [5.41, 5.74) is 33.3. The first kappa shape index (κ1) is 74.7. The largest absolute Gasteiger partial charge is 0.453 e. The molecular weight excluding hydrogens is 1440 g/mol. The summed E-state index contributed by atoms with van der Waals surface area (Å²) in [7, 11) is 14.9. The number of hydrogen-bond acceptors (Lipinski definition) is 9. The van der Waals surface area contributed by atoms with Crippen LogP contribution in [0.2, 0.25) is 0 Å². The highest BCUT2D eigenvalue weighted by Crippen LogP contribution is 2.63. The van der Waals surface area contributed by atoms with Crippen molar-refractivity contribution in [1.82, 2.24) is 0 Å². The van der Waals surface area contributed by atoms with Gasteiger partial charge in [-0.05, 0) is 176 Å². The summed E-state index contributed by atoms with van der Waals surface area (Å²) in [6, 6.07) is 142. The molecular formula is C108H93N7OS. The highest BCUT2D eigenvalue weighted by atomic mass is 32.2. The monoisotopic (exact) mass is 1540 g/mol. The molecule has 8 nitrogen and oxygen atoms in total. The summed E-state index contributed by atoms with van der Waals surface area (Å²) < 4.78 is 5.81. The minimum absolute atomic E-state index is 0.0830. The topological polar surface area (TPSA) is 31.9 Å². The lowest BCUT2D eigenvalue weighted by Crippen LogP contribution is -2.37. The number of anilines is 14. The highest BCUT2D eigenvalue weighted by Gasteiger charge is 2.51. The van der Waals surface area contributed by atoms with E-state index in [1.807, 2.05) is 48.2 Å². The molecule has 0 aromatic heterocycles. The zero-order valence-electron chi connectivity index (χ0n) is 67.6. The van der Waals surface area contributed by atoms with Crippen molar-refractivity contribution in [2.45, 2.75) is 39.9 Å². The molecule has 0 saturated carbocycles. The molecule has 1 aliphatic carbocycles. The van der Waals surface area contributed by atoms with Crippen molar-refractivity contribution in [1.29, 1.82) is 0 Å². The van der Waals surface area contributed by atoms with Crippen LogP contribution in [0.4, 0.5) is 79.6 Å². The third kappa shape index (κ3) is 12.7. The average Bonchev–Trinajstić information content (AvgIpc) is 1.56. The summed E-state index contributed by atoms with van der Waals surface area (Å²) in [4.78, 5) is 18.5. The lowest BCUT2D eigenvalue weighted by atomic mass is 9.62. The first-order valence-corrected chi connectivity index (χ1v) is 41.0. The van der Waals surface area contributed by atoms with Crippen LogP contribution >= 0.6 is 11.8 Å². The van der Waals surface area contributed by atoms with Gasteiger partial charge >= 0.3 is 0 Å². The maximum Gasteiger partial charge on any atom is 0.151 e. The number of benzene rings is 16. The molecule has 0 radical (unpaired) electrons. The van der Waals surface area contributed by atoms with Gasteiger partial charge in [-0.15, -0.1) is 0 Å². The molecule has 0 unspecified atom stereocenters. The van der Waals surface area contributed by atoms with Gasteiger partial charge in [0.25, 0.3) is 0 Å². The van der Waals surface area contributed by atoms with Crippen molar-refractivity contribution in [3.8, 4) is 22.6 Å². The van der Waals surface area contributed by atoms with Gasteiger partial charge in [-0.3, -0.25) is 0 Å². The second-order valence-corrected chi connectivity index (χ2v) is 32.1. The summed E-state index contributed by atoms with van der Waals surface area (Å²) in [5, 5.41) is 0. The summed E-state index contributed by atoms with van der Waals surface area (Å²) in [5.74, 6) is 1.83. The van der Waals surface area contributed by atoms with Crippen molar-refractivity contribution < 1.29 is 4.74 Å². The maximum absolute atomic E-state index is 5.81. The number of para-hydroxylation sites is 16. The Labute approximate surface area is 693 Å². The normalized spacial score (nSPS) is 14.3. The Balaban J connectivity index is 0.0000000988.